The van der Waals surface area contributed by atoms with Crippen LogP contribution in [0.5, 0.6) is 0 Å². The van der Waals surface area contributed by atoms with Crippen LogP contribution in [-0.2, 0) is 11.3 Å². The number of carbonyl (C=O) groups excluding carboxylic acids is 1. The van der Waals surface area contributed by atoms with Gasteiger partial charge in [-0.25, -0.2) is 9.67 Å². The molecule has 1 saturated heterocycles. The van der Waals surface area contributed by atoms with Crippen LogP contribution in [0.25, 0.3) is 0 Å². The van der Waals surface area contributed by atoms with Crippen molar-refractivity contribution in [2.24, 2.45) is 0 Å². The van der Waals surface area contributed by atoms with E-state index in [0.29, 0.717) is 6.54 Å². The minimum absolute atomic E-state index is 0.0302. The van der Waals surface area contributed by atoms with E-state index in [1.807, 2.05) is 0 Å². The van der Waals surface area contributed by atoms with Crippen molar-refractivity contribution in [3.05, 3.63) is 6.33 Å². The first-order chi connectivity index (χ1) is 9.60. The van der Waals surface area contributed by atoms with E-state index in [4.69, 9.17) is 5.73 Å². The maximum atomic E-state index is 12.4. The average molecular weight is 282 g/mol. The number of amides is 1. The number of nitrogens with zero attached hydrogens (tertiary/aromatic N) is 5. The maximum absolute atomic E-state index is 12.4. The molecule has 0 unspecified atom stereocenters. The molecule has 2 rings (SSSR count). The van der Waals surface area contributed by atoms with Crippen molar-refractivity contribution in [2.75, 3.05) is 39.0 Å². The highest BCUT2D eigenvalue weighted by Crippen LogP contribution is 2.16. The highest BCUT2D eigenvalue weighted by atomic mass is 16.3. The van der Waals surface area contributed by atoms with Gasteiger partial charge in [0.05, 0.1) is 6.61 Å². The molecule has 1 amide bonds. The number of aromatic nitrogens is 3. The highest BCUT2D eigenvalue weighted by Gasteiger charge is 2.26. The van der Waals surface area contributed by atoms with E-state index < -0.39 is 0 Å². The predicted octanol–water partition coefficient (Wildman–Crippen LogP) is -1.22. The highest BCUT2D eigenvalue weighted by molar-refractivity contribution is 5.76. The summed E-state index contributed by atoms with van der Waals surface area (Å²) in [4.78, 5) is 20.2. The molecule has 1 aromatic rings. The first-order valence-electron chi connectivity index (χ1n) is 6.84. The quantitative estimate of drug-likeness (QED) is 0.702. The minimum Gasteiger partial charge on any atom is -0.395 e. The van der Waals surface area contributed by atoms with Crippen LogP contribution in [0.2, 0.25) is 0 Å². The average Bonchev–Trinajstić information content (AvgIpc) is 2.82. The lowest BCUT2D eigenvalue weighted by Crippen LogP contribution is -2.48. The Hall–Kier alpha value is -1.67. The molecule has 0 aliphatic carbocycles. The molecule has 112 valence electrons. The second-order valence-corrected chi connectivity index (χ2v) is 5.15. The van der Waals surface area contributed by atoms with Crippen molar-refractivity contribution in [3.63, 3.8) is 0 Å². The fourth-order valence-electron chi connectivity index (χ4n) is 2.54. The molecule has 1 aliphatic rings. The molecule has 0 bridgehead atoms. The van der Waals surface area contributed by atoms with Gasteiger partial charge < -0.3 is 20.6 Å². The Morgan fingerprint density at radius 1 is 1.55 bits per heavy atom. The lowest BCUT2D eigenvalue weighted by molar-refractivity contribution is -0.136. The topological polar surface area (TPSA) is 101 Å². The van der Waals surface area contributed by atoms with E-state index in [1.165, 1.54) is 11.0 Å². The van der Waals surface area contributed by atoms with E-state index in [9.17, 15) is 9.90 Å². The first-order valence-corrected chi connectivity index (χ1v) is 6.84. The van der Waals surface area contributed by atoms with Gasteiger partial charge in [0.15, 0.2) is 0 Å². The van der Waals surface area contributed by atoms with Gasteiger partial charge in [-0.2, -0.15) is 0 Å². The van der Waals surface area contributed by atoms with Crippen molar-refractivity contribution >= 4 is 11.9 Å². The number of hydrogen-bond acceptors (Lipinski definition) is 6. The summed E-state index contributed by atoms with van der Waals surface area (Å²) >= 11 is 0. The molecule has 1 aliphatic heterocycles. The van der Waals surface area contributed by atoms with Crippen molar-refractivity contribution in [1.29, 1.82) is 0 Å². The molecule has 0 spiro atoms. The summed E-state index contributed by atoms with van der Waals surface area (Å²) in [5.74, 6) is 0.101. The summed E-state index contributed by atoms with van der Waals surface area (Å²) < 4.78 is 1.43. The van der Waals surface area contributed by atoms with Gasteiger partial charge >= 0.3 is 0 Å². The zero-order valence-electron chi connectivity index (χ0n) is 11.8. The third kappa shape index (κ3) is 3.67. The standard InChI is InChI=1S/C12H22N6O2/c1-16-4-2-10(3-5-16)18(6-7-19)11(20)8-17-9-14-12(13)15-17/h9-10,19H,2-8H2,1H3,(H2,13,15). The van der Waals surface area contributed by atoms with Gasteiger partial charge in [-0.1, -0.05) is 0 Å². The number of aliphatic hydroxyl groups is 1. The Morgan fingerprint density at radius 2 is 2.25 bits per heavy atom. The van der Waals surface area contributed by atoms with E-state index in [0.717, 1.165) is 25.9 Å². The molecular formula is C12H22N6O2. The molecule has 0 atom stereocenters. The molecule has 0 aromatic carbocycles. The third-order valence-corrected chi connectivity index (χ3v) is 3.64. The first kappa shape index (κ1) is 14.7. The molecule has 20 heavy (non-hydrogen) atoms. The number of piperidine rings is 1. The van der Waals surface area contributed by atoms with Gasteiger partial charge in [-0.15, -0.1) is 5.10 Å². The van der Waals surface area contributed by atoms with Crippen molar-refractivity contribution in [1.82, 2.24) is 24.6 Å². The lowest BCUT2D eigenvalue weighted by Gasteiger charge is -2.37. The van der Waals surface area contributed by atoms with Gasteiger partial charge in [-0.3, -0.25) is 4.79 Å². The predicted molar refractivity (Wildman–Crippen MR) is 73.8 cm³/mol. The van der Waals surface area contributed by atoms with Crippen molar-refractivity contribution in [2.45, 2.75) is 25.4 Å². The van der Waals surface area contributed by atoms with E-state index in [-0.39, 0.29) is 31.0 Å². The molecule has 2 heterocycles. The largest absolute Gasteiger partial charge is 0.395 e. The van der Waals surface area contributed by atoms with Crippen LogP contribution < -0.4 is 5.73 Å². The monoisotopic (exact) mass is 282 g/mol. The molecule has 1 fully saturated rings. The Balaban J connectivity index is 1.98. The third-order valence-electron chi connectivity index (χ3n) is 3.64. The van der Waals surface area contributed by atoms with Crippen LogP contribution in [-0.4, -0.2) is 74.9 Å². The molecule has 3 N–H and O–H groups in total. The smallest absolute Gasteiger partial charge is 0.244 e. The molecular weight excluding hydrogens is 260 g/mol. The fourth-order valence-corrected chi connectivity index (χ4v) is 2.54. The summed E-state index contributed by atoms with van der Waals surface area (Å²) in [5.41, 5.74) is 5.43. The number of aliphatic hydroxyl groups excluding tert-OH is 1. The van der Waals surface area contributed by atoms with Crippen LogP contribution in [0.1, 0.15) is 12.8 Å². The number of hydrogen-bond donors (Lipinski definition) is 2. The fraction of sp³-hybridized carbons (Fsp3) is 0.750. The van der Waals surface area contributed by atoms with Crippen LogP contribution in [0.15, 0.2) is 6.33 Å². The van der Waals surface area contributed by atoms with E-state index in [1.54, 1.807) is 4.90 Å². The molecule has 8 nitrogen and oxygen atoms in total. The number of anilines is 1. The summed E-state index contributed by atoms with van der Waals surface area (Å²) in [7, 11) is 2.08. The van der Waals surface area contributed by atoms with Crippen molar-refractivity contribution < 1.29 is 9.90 Å². The molecule has 8 heteroatoms. The minimum atomic E-state index is -0.0569. The van der Waals surface area contributed by atoms with Gasteiger partial charge in [0.2, 0.25) is 11.9 Å². The van der Waals surface area contributed by atoms with Gasteiger partial charge in [0, 0.05) is 12.6 Å². The molecule has 0 saturated carbocycles. The van der Waals surface area contributed by atoms with Crippen LogP contribution in [0.4, 0.5) is 5.95 Å². The number of rotatable bonds is 5. The Labute approximate surface area is 118 Å². The van der Waals surface area contributed by atoms with Crippen molar-refractivity contribution in [3.8, 4) is 0 Å². The number of likely N-dealkylation sites (tertiary alicyclic amines) is 1. The van der Waals surface area contributed by atoms with Crippen LogP contribution in [0.3, 0.4) is 0 Å². The van der Waals surface area contributed by atoms with Gasteiger partial charge in [0.25, 0.3) is 0 Å². The van der Waals surface area contributed by atoms with Crippen LogP contribution >= 0.6 is 0 Å². The number of nitrogen functional groups attached to an aromatic ring is 1. The van der Waals surface area contributed by atoms with Crippen LogP contribution in [0, 0.1) is 0 Å². The summed E-state index contributed by atoms with van der Waals surface area (Å²) in [6.07, 6.45) is 3.31. The zero-order chi connectivity index (χ0) is 14.5. The Kier molecular flexibility index (Phi) is 4.91. The zero-order valence-corrected chi connectivity index (χ0v) is 11.8. The maximum Gasteiger partial charge on any atom is 0.244 e. The summed E-state index contributed by atoms with van der Waals surface area (Å²) in [6.45, 7) is 2.37. The SMILES string of the molecule is CN1CCC(N(CCO)C(=O)Cn2cnc(N)n2)CC1. The molecule has 0 radical (unpaired) electrons. The molecule has 1 aromatic heterocycles. The summed E-state index contributed by atoms with van der Waals surface area (Å²) in [6, 6.07) is 0.187. The Bertz CT molecular complexity index is 441. The second-order valence-electron chi connectivity index (χ2n) is 5.15. The Morgan fingerprint density at radius 3 is 2.80 bits per heavy atom. The van der Waals surface area contributed by atoms with Gasteiger partial charge in [-0.05, 0) is 33.0 Å². The lowest BCUT2D eigenvalue weighted by atomic mass is 10.0. The van der Waals surface area contributed by atoms with E-state index >= 15 is 0 Å². The number of nitrogens with two attached hydrogens (primary N) is 1. The summed E-state index contributed by atoms with van der Waals surface area (Å²) in [5, 5.41) is 13.1. The van der Waals surface area contributed by atoms with E-state index in [2.05, 4.69) is 22.0 Å². The normalized spacial score (nSPS) is 17.3. The number of carbonyl (C=O) groups is 1. The second kappa shape index (κ2) is 6.67. The van der Waals surface area contributed by atoms with Gasteiger partial charge in [0.1, 0.15) is 12.9 Å².